The molecule has 1 aromatic carbocycles. The van der Waals surface area contributed by atoms with Crippen LogP contribution in [0.5, 0.6) is 0 Å². The van der Waals surface area contributed by atoms with Gasteiger partial charge in [-0.2, -0.15) is 0 Å². The first-order valence-corrected chi connectivity index (χ1v) is 8.03. The lowest BCUT2D eigenvalue weighted by atomic mass is 10.1. The van der Waals surface area contributed by atoms with Crippen molar-refractivity contribution in [1.29, 1.82) is 0 Å². The van der Waals surface area contributed by atoms with Crippen LogP contribution in [0.25, 0.3) is 0 Å². The van der Waals surface area contributed by atoms with Gasteiger partial charge in [0.05, 0.1) is 0 Å². The molecule has 0 radical (unpaired) electrons. The molecule has 114 valence electrons. The minimum Gasteiger partial charge on any atom is -0.385 e. The molecule has 0 aromatic heterocycles. The fraction of sp³-hybridized carbons (Fsp3) is 0.625. The monoisotopic (exact) mass is 342 g/mol. The average molecular weight is 343 g/mol. The van der Waals surface area contributed by atoms with E-state index in [4.69, 9.17) is 4.74 Å². The number of nitrogens with one attached hydrogen (secondary N) is 1. The lowest BCUT2D eigenvalue weighted by Gasteiger charge is -2.23. The number of rotatable bonds is 9. The summed E-state index contributed by atoms with van der Waals surface area (Å²) in [7, 11) is 3.89. The molecule has 0 aliphatic rings. The molecule has 0 heterocycles. The Morgan fingerprint density at radius 2 is 2.10 bits per heavy atom. The Bertz CT molecular complexity index is 396. The minimum atomic E-state index is 0.674. The summed E-state index contributed by atoms with van der Waals surface area (Å²) in [6, 6.07) is 6.50. The van der Waals surface area contributed by atoms with Crippen LogP contribution in [0.4, 0.5) is 5.69 Å². The summed E-state index contributed by atoms with van der Waals surface area (Å²) in [5.74, 6) is 0.674. The van der Waals surface area contributed by atoms with Gasteiger partial charge in [0.15, 0.2) is 0 Å². The number of halogens is 1. The molecule has 1 rings (SSSR count). The minimum absolute atomic E-state index is 0.674. The second-order valence-corrected chi connectivity index (χ2v) is 6.48. The summed E-state index contributed by atoms with van der Waals surface area (Å²) in [6.45, 7) is 8.22. The van der Waals surface area contributed by atoms with E-state index in [1.165, 1.54) is 11.3 Å². The summed E-state index contributed by atoms with van der Waals surface area (Å²) >= 11 is 3.57. The highest BCUT2D eigenvalue weighted by atomic mass is 79.9. The smallest absolute Gasteiger partial charge is 0.0479 e. The molecule has 1 aromatic rings. The maximum atomic E-state index is 5.13. The van der Waals surface area contributed by atoms with Gasteiger partial charge in [-0.15, -0.1) is 0 Å². The molecule has 0 aliphatic heterocycles. The van der Waals surface area contributed by atoms with E-state index in [1.807, 2.05) is 0 Å². The van der Waals surface area contributed by atoms with Crippen molar-refractivity contribution < 1.29 is 4.74 Å². The van der Waals surface area contributed by atoms with Crippen molar-refractivity contribution in [1.82, 2.24) is 5.32 Å². The van der Waals surface area contributed by atoms with Crippen LogP contribution in [0.1, 0.15) is 25.8 Å². The molecule has 0 aliphatic carbocycles. The van der Waals surface area contributed by atoms with Gasteiger partial charge in [0, 0.05) is 44.0 Å². The van der Waals surface area contributed by atoms with Crippen LogP contribution in [0.3, 0.4) is 0 Å². The second kappa shape index (κ2) is 9.37. The summed E-state index contributed by atoms with van der Waals surface area (Å²) in [6.07, 6.45) is 1.04. The van der Waals surface area contributed by atoms with Crippen LogP contribution in [-0.2, 0) is 11.3 Å². The van der Waals surface area contributed by atoms with Gasteiger partial charge in [0.1, 0.15) is 0 Å². The highest BCUT2D eigenvalue weighted by Gasteiger charge is 2.08. The van der Waals surface area contributed by atoms with E-state index in [9.17, 15) is 0 Å². The van der Waals surface area contributed by atoms with Gasteiger partial charge in [-0.1, -0.05) is 35.8 Å². The highest BCUT2D eigenvalue weighted by Crippen LogP contribution is 2.24. The summed E-state index contributed by atoms with van der Waals surface area (Å²) in [5, 5.41) is 3.52. The first-order valence-electron chi connectivity index (χ1n) is 7.23. The maximum absolute atomic E-state index is 5.13. The molecular weight excluding hydrogens is 316 g/mol. The first-order chi connectivity index (χ1) is 9.54. The van der Waals surface area contributed by atoms with Gasteiger partial charge in [-0.3, -0.25) is 0 Å². The predicted molar refractivity (Wildman–Crippen MR) is 90.4 cm³/mol. The third-order valence-corrected chi connectivity index (χ3v) is 3.66. The molecule has 0 bridgehead atoms. The van der Waals surface area contributed by atoms with E-state index in [0.717, 1.165) is 37.1 Å². The molecule has 0 unspecified atom stereocenters. The quantitative estimate of drug-likeness (QED) is 0.693. The van der Waals surface area contributed by atoms with Crippen molar-refractivity contribution >= 4 is 21.6 Å². The van der Waals surface area contributed by atoms with Crippen LogP contribution in [0.15, 0.2) is 22.7 Å². The molecule has 0 saturated carbocycles. The summed E-state index contributed by atoms with van der Waals surface area (Å²) in [4.78, 5) is 2.30. The van der Waals surface area contributed by atoms with Crippen LogP contribution < -0.4 is 10.2 Å². The predicted octanol–water partition coefficient (Wildman–Crippen LogP) is 3.67. The van der Waals surface area contributed by atoms with E-state index in [1.54, 1.807) is 7.11 Å². The number of methoxy groups -OCH3 is 1. The van der Waals surface area contributed by atoms with Gasteiger partial charge in [0.2, 0.25) is 0 Å². The van der Waals surface area contributed by atoms with Crippen molar-refractivity contribution in [2.24, 2.45) is 5.92 Å². The average Bonchev–Trinajstić information content (AvgIpc) is 2.40. The molecule has 3 nitrogen and oxygen atoms in total. The van der Waals surface area contributed by atoms with Crippen LogP contribution in [-0.4, -0.2) is 33.9 Å². The van der Waals surface area contributed by atoms with Gasteiger partial charge in [-0.05, 0) is 36.6 Å². The lowest BCUT2D eigenvalue weighted by molar-refractivity contribution is 0.196. The zero-order valence-electron chi connectivity index (χ0n) is 13.1. The summed E-state index contributed by atoms with van der Waals surface area (Å²) in [5.41, 5.74) is 2.63. The Balaban J connectivity index is 2.68. The molecular formula is C16H27BrN2O. The van der Waals surface area contributed by atoms with E-state index in [2.05, 4.69) is 65.2 Å². The van der Waals surface area contributed by atoms with Crippen molar-refractivity contribution in [2.45, 2.75) is 26.8 Å². The van der Waals surface area contributed by atoms with Gasteiger partial charge < -0.3 is 15.0 Å². The zero-order chi connectivity index (χ0) is 15.0. The Kier molecular flexibility index (Phi) is 8.19. The van der Waals surface area contributed by atoms with Gasteiger partial charge in [0.25, 0.3) is 0 Å². The Hall–Kier alpha value is -0.580. The van der Waals surface area contributed by atoms with E-state index >= 15 is 0 Å². The highest BCUT2D eigenvalue weighted by molar-refractivity contribution is 9.10. The van der Waals surface area contributed by atoms with Gasteiger partial charge in [-0.25, -0.2) is 0 Å². The molecule has 20 heavy (non-hydrogen) atoms. The lowest BCUT2D eigenvalue weighted by Crippen LogP contribution is -2.24. The van der Waals surface area contributed by atoms with Crippen molar-refractivity contribution in [3.05, 3.63) is 28.2 Å². The molecule has 0 spiro atoms. The molecule has 0 saturated heterocycles. The number of anilines is 1. The normalized spacial score (nSPS) is 11.1. The largest absolute Gasteiger partial charge is 0.385 e. The van der Waals surface area contributed by atoms with E-state index < -0.39 is 0 Å². The number of benzene rings is 1. The Morgan fingerprint density at radius 1 is 1.35 bits per heavy atom. The zero-order valence-corrected chi connectivity index (χ0v) is 14.7. The van der Waals surface area contributed by atoms with Gasteiger partial charge >= 0.3 is 0 Å². The topological polar surface area (TPSA) is 24.5 Å². The fourth-order valence-corrected chi connectivity index (χ4v) is 2.45. The SMILES string of the molecule is COCCCN(C)c1cc(Br)ccc1CNCC(C)C. The van der Waals surface area contributed by atoms with Crippen LogP contribution >= 0.6 is 15.9 Å². The van der Waals surface area contributed by atoms with E-state index in [0.29, 0.717) is 5.92 Å². The van der Waals surface area contributed by atoms with E-state index in [-0.39, 0.29) is 0 Å². The van der Waals surface area contributed by atoms with Crippen molar-refractivity contribution in [2.75, 3.05) is 38.8 Å². The molecule has 1 N–H and O–H groups in total. The third-order valence-electron chi connectivity index (χ3n) is 3.17. The molecule has 0 amide bonds. The third kappa shape index (κ3) is 6.25. The molecule has 0 atom stereocenters. The first kappa shape index (κ1) is 17.5. The summed E-state index contributed by atoms with van der Waals surface area (Å²) < 4.78 is 6.25. The number of hydrogen-bond acceptors (Lipinski definition) is 3. The number of nitrogens with zero attached hydrogens (tertiary/aromatic N) is 1. The maximum Gasteiger partial charge on any atom is 0.0479 e. The number of hydrogen-bond donors (Lipinski definition) is 1. The fourth-order valence-electron chi connectivity index (χ4n) is 2.10. The van der Waals surface area contributed by atoms with Crippen molar-refractivity contribution in [3.8, 4) is 0 Å². The van der Waals surface area contributed by atoms with Crippen LogP contribution in [0, 0.1) is 5.92 Å². The molecule has 4 heteroatoms. The standard InChI is InChI=1S/C16H27BrN2O/c1-13(2)11-18-12-14-6-7-15(17)10-16(14)19(3)8-5-9-20-4/h6-7,10,13,18H,5,8-9,11-12H2,1-4H3. The Morgan fingerprint density at radius 3 is 2.75 bits per heavy atom. The molecule has 0 fully saturated rings. The van der Waals surface area contributed by atoms with Crippen LogP contribution in [0.2, 0.25) is 0 Å². The second-order valence-electron chi connectivity index (χ2n) is 5.57. The number of ether oxygens (including phenoxy) is 1. The van der Waals surface area contributed by atoms with Crippen molar-refractivity contribution in [3.63, 3.8) is 0 Å². The Labute approximate surface area is 131 Å².